The van der Waals surface area contributed by atoms with E-state index in [0.717, 1.165) is 16.9 Å². The topological polar surface area (TPSA) is 56.1 Å². The van der Waals surface area contributed by atoms with Crippen molar-refractivity contribution in [3.05, 3.63) is 110 Å². The minimum atomic E-state index is -0.397. The molecule has 0 unspecified atom stereocenters. The number of anilines is 1. The maximum absolute atomic E-state index is 14.2. The molecule has 180 valence electrons. The van der Waals surface area contributed by atoms with Crippen LogP contribution in [0.25, 0.3) is 0 Å². The van der Waals surface area contributed by atoms with Crippen molar-refractivity contribution in [1.82, 2.24) is 9.78 Å². The lowest BCUT2D eigenvalue weighted by Gasteiger charge is -2.10. The van der Waals surface area contributed by atoms with E-state index in [-0.39, 0.29) is 12.5 Å². The number of nitrogens with zero attached hydrogens (tertiary/aromatic N) is 2. The number of amides is 1. The first-order valence-electron chi connectivity index (χ1n) is 11.0. The number of carbonyl (C=O) groups is 1. The molecule has 0 spiro atoms. The Balaban J connectivity index is 1.42. The third-order valence-electron chi connectivity index (χ3n) is 5.74. The zero-order chi connectivity index (χ0) is 25.1. The number of carbonyl (C=O) groups excluding carboxylic acids is 1. The smallest absolute Gasteiger partial charge is 0.255 e. The van der Waals surface area contributed by atoms with Crippen LogP contribution in [0.2, 0.25) is 10.0 Å². The van der Waals surface area contributed by atoms with E-state index in [1.54, 1.807) is 41.9 Å². The van der Waals surface area contributed by atoms with Gasteiger partial charge in [0.25, 0.3) is 5.91 Å². The first-order valence-corrected chi connectivity index (χ1v) is 11.7. The Kier molecular flexibility index (Phi) is 7.43. The standard InChI is InChI=1S/C27H24Cl2FN3O2/c1-16-13-21(11-12-23(16)28)35-15-19-7-9-20(10-8-19)27(34)31-26-17(2)32-33(18(26)3)14-22-24(29)5-4-6-25(22)30/h4-13H,14-15H2,1-3H3,(H,31,34). The molecule has 1 N–H and O–H groups in total. The molecule has 0 aliphatic carbocycles. The van der Waals surface area contributed by atoms with Gasteiger partial charge in [-0.15, -0.1) is 0 Å². The van der Waals surface area contributed by atoms with Crippen molar-refractivity contribution in [2.45, 2.75) is 33.9 Å². The molecule has 1 amide bonds. The fourth-order valence-corrected chi connectivity index (χ4v) is 4.02. The first-order chi connectivity index (χ1) is 16.7. The maximum atomic E-state index is 14.2. The molecule has 1 aromatic heterocycles. The summed E-state index contributed by atoms with van der Waals surface area (Å²) in [4.78, 5) is 12.9. The van der Waals surface area contributed by atoms with E-state index in [1.165, 1.54) is 6.07 Å². The van der Waals surface area contributed by atoms with E-state index in [4.69, 9.17) is 27.9 Å². The molecule has 0 fully saturated rings. The highest BCUT2D eigenvalue weighted by molar-refractivity contribution is 6.31. The van der Waals surface area contributed by atoms with E-state index < -0.39 is 5.82 Å². The average molecular weight is 512 g/mol. The van der Waals surface area contributed by atoms with E-state index >= 15 is 0 Å². The van der Waals surface area contributed by atoms with Crippen LogP contribution in [0.3, 0.4) is 0 Å². The van der Waals surface area contributed by atoms with E-state index in [9.17, 15) is 9.18 Å². The number of nitrogens with one attached hydrogen (secondary N) is 1. The van der Waals surface area contributed by atoms with Crippen LogP contribution in [0.4, 0.5) is 10.1 Å². The molecule has 0 aliphatic heterocycles. The van der Waals surface area contributed by atoms with Gasteiger partial charge in [-0.1, -0.05) is 41.4 Å². The van der Waals surface area contributed by atoms with Crippen LogP contribution in [0.5, 0.6) is 5.75 Å². The lowest BCUT2D eigenvalue weighted by Crippen LogP contribution is -2.13. The Morgan fingerprint density at radius 2 is 1.77 bits per heavy atom. The van der Waals surface area contributed by atoms with Crippen molar-refractivity contribution in [2.75, 3.05) is 5.32 Å². The van der Waals surface area contributed by atoms with Crippen LogP contribution in [-0.4, -0.2) is 15.7 Å². The van der Waals surface area contributed by atoms with Crippen molar-refractivity contribution in [3.8, 4) is 5.75 Å². The molecule has 4 aromatic rings. The van der Waals surface area contributed by atoms with Crippen molar-refractivity contribution >= 4 is 34.8 Å². The van der Waals surface area contributed by atoms with Gasteiger partial charge in [-0.05, 0) is 74.4 Å². The summed E-state index contributed by atoms with van der Waals surface area (Å²) in [6.07, 6.45) is 0. The molecule has 5 nitrogen and oxygen atoms in total. The van der Waals surface area contributed by atoms with Crippen LogP contribution in [0.15, 0.2) is 60.7 Å². The second-order valence-corrected chi connectivity index (χ2v) is 9.07. The van der Waals surface area contributed by atoms with Gasteiger partial charge in [0.1, 0.15) is 18.2 Å². The Morgan fingerprint density at radius 1 is 1.03 bits per heavy atom. The average Bonchev–Trinajstić information content (AvgIpc) is 3.10. The second-order valence-electron chi connectivity index (χ2n) is 8.25. The van der Waals surface area contributed by atoms with E-state index in [1.807, 2.05) is 38.1 Å². The quantitative estimate of drug-likeness (QED) is 0.287. The Hall–Kier alpha value is -3.35. The lowest BCUT2D eigenvalue weighted by atomic mass is 10.1. The Labute approximate surface area is 213 Å². The zero-order valence-electron chi connectivity index (χ0n) is 19.5. The number of ether oxygens (including phenoxy) is 1. The highest BCUT2D eigenvalue weighted by Gasteiger charge is 2.17. The fraction of sp³-hybridized carbons (Fsp3) is 0.185. The van der Waals surface area contributed by atoms with E-state index in [2.05, 4.69) is 10.4 Å². The number of hydrogen-bond acceptors (Lipinski definition) is 3. The van der Waals surface area contributed by atoms with Crippen LogP contribution < -0.4 is 10.1 Å². The number of aryl methyl sites for hydroxylation is 2. The molecule has 1 heterocycles. The zero-order valence-corrected chi connectivity index (χ0v) is 21.0. The Bertz CT molecular complexity index is 1360. The molecule has 8 heteroatoms. The van der Waals surface area contributed by atoms with Gasteiger partial charge in [0.15, 0.2) is 0 Å². The van der Waals surface area contributed by atoms with Crippen LogP contribution >= 0.6 is 23.2 Å². The Morgan fingerprint density at radius 3 is 2.46 bits per heavy atom. The van der Waals surface area contributed by atoms with Crippen molar-refractivity contribution in [1.29, 1.82) is 0 Å². The van der Waals surface area contributed by atoms with Gasteiger partial charge in [-0.2, -0.15) is 5.10 Å². The summed E-state index contributed by atoms with van der Waals surface area (Å²) in [6, 6.07) is 17.3. The summed E-state index contributed by atoms with van der Waals surface area (Å²) in [5, 5.41) is 8.42. The summed E-state index contributed by atoms with van der Waals surface area (Å²) in [7, 11) is 0. The molecular weight excluding hydrogens is 488 g/mol. The monoisotopic (exact) mass is 511 g/mol. The van der Waals surface area contributed by atoms with E-state index in [0.29, 0.717) is 44.9 Å². The van der Waals surface area contributed by atoms with Gasteiger partial charge in [0, 0.05) is 21.2 Å². The van der Waals surface area contributed by atoms with Crippen LogP contribution in [-0.2, 0) is 13.2 Å². The van der Waals surface area contributed by atoms with Gasteiger partial charge >= 0.3 is 0 Å². The molecule has 0 atom stereocenters. The molecule has 0 radical (unpaired) electrons. The number of halogens is 3. The summed E-state index contributed by atoms with van der Waals surface area (Å²) >= 11 is 12.2. The largest absolute Gasteiger partial charge is 0.489 e. The number of rotatable bonds is 7. The molecule has 3 aromatic carbocycles. The van der Waals surface area contributed by atoms with Gasteiger partial charge < -0.3 is 10.1 Å². The van der Waals surface area contributed by atoms with Crippen LogP contribution in [0.1, 0.15) is 38.4 Å². The second kappa shape index (κ2) is 10.5. The molecule has 0 aliphatic rings. The number of aromatic nitrogens is 2. The molecule has 0 saturated carbocycles. The highest BCUT2D eigenvalue weighted by Crippen LogP contribution is 2.25. The summed E-state index contributed by atoms with van der Waals surface area (Å²) in [5.74, 6) is 0.0692. The number of hydrogen-bond donors (Lipinski definition) is 1. The van der Waals surface area contributed by atoms with Gasteiger partial charge in [-0.3, -0.25) is 9.48 Å². The summed E-state index contributed by atoms with van der Waals surface area (Å²) < 4.78 is 21.7. The fourth-order valence-electron chi connectivity index (χ4n) is 3.68. The first kappa shape index (κ1) is 24.8. The minimum absolute atomic E-state index is 0.163. The minimum Gasteiger partial charge on any atom is -0.489 e. The van der Waals surface area contributed by atoms with Crippen molar-refractivity contribution in [3.63, 3.8) is 0 Å². The molecule has 35 heavy (non-hydrogen) atoms. The summed E-state index contributed by atoms with van der Waals surface area (Å²) in [6.45, 7) is 6.07. The SMILES string of the molecule is Cc1cc(OCc2ccc(C(=O)Nc3c(C)nn(Cc4c(F)cccc4Cl)c3C)cc2)ccc1Cl. The molecule has 0 bridgehead atoms. The third-order valence-corrected chi connectivity index (χ3v) is 6.52. The van der Waals surface area contributed by atoms with Gasteiger partial charge in [0.2, 0.25) is 0 Å². The summed E-state index contributed by atoms with van der Waals surface area (Å²) in [5.41, 5.74) is 4.65. The maximum Gasteiger partial charge on any atom is 0.255 e. The third kappa shape index (κ3) is 5.66. The number of benzene rings is 3. The molecule has 4 rings (SSSR count). The highest BCUT2D eigenvalue weighted by atomic mass is 35.5. The lowest BCUT2D eigenvalue weighted by molar-refractivity contribution is 0.102. The van der Waals surface area contributed by atoms with Gasteiger partial charge in [-0.25, -0.2) is 4.39 Å². The predicted molar refractivity (Wildman–Crippen MR) is 137 cm³/mol. The molecule has 0 saturated heterocycles. The van der Waals surface area contributed by atoms with Gasteiger partial charge in [0.05, 0.1) is 23.6 Å². The van der Waals surface area contributed by atoms with Crippen molar-refractivity contribution < 1.29 is 13.9 Å². The normalized spacial score (nSPS) is 10.9. The predicted octanol–water partition coefficient (Wildman–Crippen LogP) is 7.13. The van der Waals surface area contributed by atoms with Crippen molar-refractivity contribution in [2.24, 2.45) is 0 Å². The van der Waals surface area contributed by atoms with Crippen LogP contribution in [0, 0.1) is 26.6 Å². The molecular formula is C27H24Cl2FN3O2.